The number of ether oxygens (including phenoxy) is 2. The second-order valence-electron chi connectivity index (χ2n) is 4.88. The predicted molar refractivity (Wildman–Crippen MR) is 73.1 cm³/mol. The lowest BCUT2D eigenvalue weighted by atomic mass is 10.00. The Balaban J connectivity index is 2.02. The van der Waals surface area contributed by atoms with Gasteiger partial charge in [-0.05, 0) is 47.0 Å². The molecule has 1 aliphatic rings. The van der Waals surface area contributed by atoms with Crippen LogP contribution >= 0.6 is 0 Å². The molecular formula is C16H11F3O3. The van der Waals surface area contributed by atoms with E-state index in [1.165, 1.54) is 12.1 Å². The second kappa shape index (κ2) is 5.36. The molecule has 0 aromatic heterocycles. The molecule has 0 fully saturated rings. The third kappa shape index (κ3) is 3.05. The van der Waals surface area contributed by atoms with Crippen LogP contribution in [0.3, 0.4) is 0 Å². The summed E-state index contributed by atoms with van der Waals surface area (Å²) >= 11 is 0. The van der Waals surface area contributed by atoms with E-state index in [0.29, 0.717) is 24.0 Å². The summed E-state index contributed by atoms with van der Waals surface area (Å²) in [6.07, 6.45) is -3.56. The highest BCUT2D eigenvalue weighted by atomic mass is 19.4. The maximum Gasteiger partial charge on any atom is 0.573 e. The van der Waals surface area contributed by atoms with Crippen LogP contribution < -0.4 is 9.47 Å². The van der Waals surface area contributed by atoms with Crippen LogP contribution in [0.4, 0.5) is 13.2 Å². The molecule has 2 aromatic rings. The number of hydrogen-bond acceptors (Lipinski definition) is 3. The van der Waals surface area contributed by atoms with Gasteiger partial charge in [-0.3, -0.25) is 4.79 Å². The van der Waals surface area contributed by atoms with Crippen molar-refractivity contribution in [3.63, 3.8) is 0 Å². The number of fused-ring (bicyclic) bond motifs is 1. The van der Waals surface area contributed by atoms with Gasteiger partial charge in [-0.25, -0.2) is 0 Å². The number of benzene rings is 2. The summed E-state index contributed by atoms with van der Waals surface area (Å²) < 4.78 is 46.4. The summed E-state index contributed by atoms with van der Waals surface area (Å²) in [6, 6.07) is 9.21. The van der Waals surface area contributed by atoms with Crippen LogP contribution in [-0.4, -0.2) is 19.3 Å². The number of halogens is 3. The number of carbonyl (C=O) groups is 1. The van der Waals surface area contributed by atoms with Gasteiger partial charge in [0.25, 0.3) is 0 Å². The van der Waals surface area contributed by atoms with E-state index in [9.17, 15) is 18.0 Å². The van der Waals surface area contributed by atoms with E-state index in [0.717, 1.165) is 23.8 Å². The maximum atomic E-state index is 12.4. The van der Waals surface area contributed by atoms with Gasteiger partial charge in [0.2, 0.25) is 0 Å². The molecule has 3 rings (SSSR count). The summed E-state index contributed by atoms with van der Waals surface area (Å²) in [5, 5.41) is 0. The van der Waals surface area contributed by atoms with Crippen molar-refractivity contribution in [2.75, 3.05) is 6.61 Å². The quantitative estimate of drug-likeness (QED) is 0.804. The van der Waals surface area contributed by atoms with Gasteiger partial charge < -0.3 is 9.47 Å². The zero-order chi connectivity index (χ0) is 15.7. The zero-order valence-electron chi connectivity index (χ0n) is 11.3. The standard InChI is InChI=1S/C16H11F3O3/c17-16(18,19)22-14-6-10(9-20)5-13(8-14)11-1-2-15-12(7-11)3-4-21-15/h1-2,5-9H,3-4H2. The molecule has 114 valence electrons. The van der Waals surface area contributed by atoms with Gasteiger partial charge in [-0.15, -0.1) is 13.2 Å². The molecule has 0 amide bonds. The molecule has 0 spiro atoms. The Morgan fingerprint density at radius 3 is 2.64 bits per heavy atom. The van der Waals surface area contributed by atoms with Crippen molar-refractivity contribution in [1.82, 2.24) is 0 Å². The maximum absolute atomic E-state index is 12.4. The van der Waals surface area contributed by atoms with Crippen molar-refractivity contribution in [2.45, 2.75) is 12.8 Å². The topological polar surface area (TPSA) is 35.5 Å². The number of hydrogen-bond donors (Lipinski definition) is 0. The third-order valence-electron chi connectivity index (χ3n) is 3.32. The smallest absolute Gasteiger partial charge is 0.493 e. The Morgan fingerprint density at radius 1 is 1.09 bits per heavy atom. The Hall–Kier alpha value is -2.50. The molecule has 0 saturated carbocycles. The zero-order valence-corrected chi connectivity index (χ0v) is 11.3. The van der Waals surface area contributed by atoms with Crippen molar-refractivity contribution in [1.29, 1.82) is 0 Å². The minimum absolute atomic E-state index is 0.119. The SMILES string of the molecule is O=Cc1cc(OC(F)(F)F)cc(-c2ccc3c(c2)CCO3)c1. The predicted octanol–water partition coefficient (Wildman–Crippen LogP) is 4.00. The van der Waals surface area contributed by atoms with E-state index >= 15 is 0 Å². The lowest BCUT2D eigenvalue weighted by molar-refractivity contribution is -0.274. The largest absolute Gasteiger partial charge is 0.573 e. The average molecular weight is 308 g/mol. The first-order valence-electron chi connectivity index (χ1n) is 6.57. The number of carbonyl (C=O) groups excluding carboxylic acids is 1. The van der Waals surface area contributed by atoms with E-state index in [-0.39, 0.29) is 5.56 Å². The van der Waals surface area contributed by atoms with Crippen LogP contribution in [-0.2, 0) is 6.42 Å². The fourth-order valence-corrected chi connectivity index (χ4v) is 2.42. The monoisotopic (exact) mass is 308 g/mol. The lowest BCUT2D eigenvalue weighted by Gasteiger charge is -2.12. The van der Waals surface area contributed by atoms with Crippen LogP contribution in [0.15, 0.2) is 36.4 Å². The van der Waals surface area contributed by atoms with E-state index < -0.39 is 12.1 Å². The van der Waals surface area contributed by atoms with Crippen LogP contribution in [0.25, 0.3) is 11.1 Å². The van der Waals surface area contributed by atoms with Gasteiger partial charge in [-0.2, -0.15) is 0 Å². The van der Waals surface area contributed by atoms with Crippen LogP contribution in [0, 0.1) is 0 Å². The molecule has 3 nitrogen and oxygen atoms in total. The van der Waals surface area contributed by atoms with Crippen molar-refractivity contribution < 1.29 is 27.4 Å². The fraction of sp³-hybridized carbons (Fsp3) is 0.188. The van der Waals surface area contributed by atoms with Crippen molar-refractivity contribution in [2.24, 2.45) is 0 Å². The summed E-state index contributed by atoms with van der Waals surface area (Å²) in [5.41, 5.74) is 2.30. The van der Waals surface area contributed by atoms with Gasteiger partial charge in [0.15, 0.2) is 0 Å². The van der Waals surface area contributed by atoms with Gasteiger partial charge in [0.1, 0.15) is 17.8 Å². The molecule has 0 unspecified atom stereocenters. The first-order valence-corrected chi connectivity index (χ1v) is 6.57. The highest BCUT2D eigenvalue weighted by Crippen LogP contribution is 2.33. The molecule has 0 aliphatic carbocycles. The summed E-state index contributed by atoms with van der Waals surface area (Å²) in [6.45, 7) is 0.593. The van der Waals surface area contributed by atoms with Gasteiger partial charge in [0, 0.05) is 12.0 Å². The second-order valence-corrected chi connectivity index (χ2v) is 4.88. The van der Waals surface area contributed by atoms with Crippen LogP contribution in [0.2, 0.25) is 0 Å². The van der Waals surface area contributed by atoms with Crippen LogP contribution in [0.5, 0.6) is 11.5 Å². The third-order valence-corrected chi connectivity index (χ3v) is 3.32. The van der Waals surface area contributed by atoms with E-state index in [2.05, 4.69) is 4.74 Å². The number of aldehydes is 1. The molecular weight excluding hydrogens is 297 g/mol. The molecule has 0 saturated heterocycles. The van der Waals surface area contributed by atoms with E-state index in [4.69, 9.17) is 4.74 Å². The summed E-state index contributed by atoms with van der Waals surface area (Å²) in [4.78, 5) is 10.9. The molecule has 0 N–H and O–H groups in total. The molecule has 0 radical (unpaired) electrons. The molecule has 1 heterocycles. The fourth-order valence-electron chi connectivity index (χ4n) is 2.42. The molecule has 2 aromatic carbocycles. The average Bonchev–Trinajstić information content (AvgIpc) is 2.92. The van der Waals surface area contributed by atoms with Crippen LogP contribution in [0.1, 0.15) is 15.9 Å². The molecule has 1 aliphatic heterocycles. The van der Waals surface area contributed by atoms with Gasteiger partial charge in [0.05, 0.1) is 6.61 Å². The van der Waals surface area contributed by atoms with Crippen molar-refractivity contribution in [3.8, 4) is 22.6 Å². The molecule has 22 heavy (non-hydrogen) atoms. The number of alkyl halides is 3. The summed E-state index contributed by atoms with van der Waals surface area (Å²) in [7, 11) is 0. The Labute approximate surface area is 124 Å². The molecule has 0 bridgehead atoms. The van der Waals surface area contributed by atoms with Crippen molar-refractivity contribution in [3.05, 3.63) is 47.5 Å². The Kier molecular flexibility index (Phi) is 3.52. The van der Waals surface area contributed by atoms with Gasteiger partial charge in [-0.1, -0.05) is 6.07 Å². The Bertz CT molecular complexity index is 723. The highest BCUT2D eigenvalue weighted by Gasteiger charge is 2.31. The molecule has 0 atom stereocenters. The minimum atomic E-state index is -4.80. The highest BCUT2D eigenvalue weighted by molar-refractivity contribution is 5.80. The Morgan fingerprint density at radius 2 is 1.91 bits per heavy atom. The van der Waals surface area contributed by atoms with E-state index in [1.54, 1.807) is 12.1 Å². The van der Waals surface area contributed by atoms with E-state index in [1.807, 2.05) is 6.07 Å². The normalized spacial score (nSPS) is 13.4. The minimum Gasteiger partial charge on any atom is -0.493 e. The number of rotatable bonds is 3. The van der Waals surface area contributed by atoms with Crippen molar-refractivity contribution >= 4 is 6.29 Å². The lowest BCUT2D eigenvalue weighted by Crippen LogP contribution is -2.17. The first-order chi connectivity index (χ1) is 10.4. The molecule has 6 heteroatoms. The first kappa shape index (κ1) is 14.4. The summed E-state index contributed by atoms with van der Waals surface area (Å²) in [5.74, 6) is 0.367. The van der Waals surface area contributed by atoms with Gasteiger partial charge >= 0.3 is 6.36 Å².